The number of rotatable bonds is 2. The van der Waals surface area contributed by atoms with Gasteiger partial charge in [0.1, 0.15) is 16.5 Å². The quantitative estimate of drug-likeness (QED) is 0.635. The monoisotopic (exact) mass is 304 g/mol. The Balaban J connectivity index is 2.37. The number of pyridine rings is 1. The van der Waals surface area contributed by atoms with E-state index in [1.54, 1.807) is 6.07 Å². The first-order chi connectivity index (χ1) is 10.0. The van der Waals surface area contributed by atoms with Crippen LogP contribution in [0.15, 0.2) is 22.7 Å². The van der Waals surface area contributed by atoms with E-state index >= 15 is 0 Å². The molecular weight excluding hydrogens is 291 g/mol. The lowest BCUT2D eigenvalue weighted by Gasteiger charge is -2.10. The van der Waals surface area contributed by atoms with Crippen LogP contribution >= 0.6 is 11.6 Å². The molecule has 0 bridgehead atoms. The number of benzene rings is 1. The summed E-state index contributed by atoms with van der Waals surface area (Å²) in [5.74, 6) is 0.196. The van der Waals surface area contributed by atoms with Crippen LogP contribution in [0, 0.1) is 19.7 Å². The fraction of sp³-hybridized carbons (Fsp3) is 0.250. The van der Waals surface area contributed by atoms with E-state index in [-0.39, 0.29) is 16.5 Å². The third-order valence-corrected chi connectivity index (χ3v) is 3.87. The number of fused-ring (bicyclic) bond motifs is 1. The first-order valence-corrected chi connectivity index (χ1v) is 7.11. The SMILES string of the molecule is CCc1cc(F)c2nc(Cl)c(-c3cc(C)no3)c(C)c2c1. The van der Waals surface area contributed by atoms with Crippen LogP contribution in [0.3, 0.4) is 0 Å². The van der Waals surface area contributed by atoms with Crippen molar-refractivity contribution in [3.05, 3.63) is 46.0 Å². The highest BCUT2D eigenvalue weighted by Crippen LogP contribution is 2.35. The van der Waals surface area contributed by atoms with Gasteiger partial charge in [-0.3, -0.25) is 0 Å². The lowest BCUT2D eigenvalue weighted by Crippen LogP contribution is -1.95. The summed E-state index contributed by atoms with van der Waals surface area (Å²) in [6.07, 6.45) is 0.756. The van der Waals surface area contributed by atoms with E-state index in [9.17, 15) is 4.39 Å². The fourth-order valence-electron chi connectivity index (χ4n) is 2.47. The summed E-state index contributed by atoms with van der Waals surface area (Å²) in [6, 6.07) is 5.24. The van der Waals surface area contributed by atoms with Gasteiger partial charge >= 0.3 is 0 Å². The van der Waals surface area contributed by atoms with Gasteiger partial charge in [0.05, 0.1) is 11.3 Å². The minimum atomic E-state index is -0.352. The first-order valence-electron chi connectivity index (χ1n) is 6.73. The third-order valence-electron chi connectivity index (χ3n) is 3.60. The number of hydrogen-bond acceptors (Lipinski definition) is 3. The zero-order valence-corrected chi connectivity index (χ0v) is 12.8. The number of aryl methyl sites for hydroxylation is 3. The van der Waals surface area contributed by atoms with Crippen molar-refractivity contribution in [1.29, 1.82) is 0 Å². The van der Waals surface area contributed by atoms with E-state index in [1.807, 2.05) is 26.8 Å². The third kappa shape index (κ3) is 2.29. The number of hydrogen-bond donors (Lipinski definition) is 0. The molecule has 3 nitrogen and oxygen atoms in total. The van der Waals surface area contributed by atoms with Crippen molar-refractivity contribution in [2.24, 2.45) is 0 Å². The van der Waals surface area contributed by atoms with Crippen LogP contribution in [0.4, 0.5) is 4.39 Å². The second kappa shape index (κ2) is 5.11. The van der Waals surface area contributed by atoms with Crippen LogP contribution in [0.5, 0.6) is 0 Å². The molecule has 2 heterocycles. The summed E-state index contributed by atoms with van der Waals surface area (Å²) < 4.78 is 19.5. The zero-order chi connectivity index (χ0) is 15.1. The maximum atomic E-state index is 14.2. The molecule has 0 saturated carbocycles. The number of aromatic nitrogens is 2. The van der Waals surface area contributed by atoms with E-state index < -0.39 is 0 Å². The first kappa shape index (κ1) is 14.0. The average Bonchev–Trinajstić information content (AvgIpc) is 2.86. The molecule has 0 saturated heterocycles. The summed E-state index contributed by atoms with van der Waals surface area (Å²) in [5, 5.41) is 4.84. The van der Waals surface area contributed by atoms with Crippen molar-refractivity contribution in [2.75, 3.05) is 0 Å². The minimum absolute atomic E-state index is 0.222. The maximum absolute atomic E-state index is 14.2. The summed E-state index contributed by atoms with van der Waals surface area (Å²) in [5.41, 5.74) is 3.48. The highest BCUT2D eigenvalue weighted by molar-refractivity contribution is 6.32. The van der Waals surface area contributed by atoms with Gasteiger partial charge in [0, 0.05) is 11.5 Å². The second-order valence-electron chi connectivity index (χ2n) is 5.06. The Bertz CT molecular complexity index is 842. The molecule has 2 aromatic heterocycles. The van der Waals surface area contributed by atoms with Crippen molar-refractivity contribution in [3.63, 3.8) is 0 Å². The molecule has 21 heavy (non-hydrogen) atoms. The van der Waals surface area contributed by atoms with E-state index in [0.29, 0.717) is 11.3 Å². The van der Waals surface area contributed by atoms with E-state index in [1.165, 1.54) is 6.07 Å². The van der Waals surface area contributed by atoms with Crippen LogP contribution in [0.2, 0.25) is 5.15 Å². The van der Waals surface area contributed by atoms with Crippen molar-refractivity contribution >= 4 is 22.5 Å². The molecule has 0 aliphatic carbocycles. The largest absolute Gasteiger partial charge is 0.356 e. The molecule has 0 fully saturated rings. The van der Waals surface area contributed by atoms with Crippen LogP contribution in [-0.2, 0) is 6.42 Å². The number of nitrogens with zero attached hydrogens (tertiary/aromatic N) is 2. The van der Waals surface area contributed by atoms with Crippen molar-refractivity contribution < 1.29 is 8.91 Å². The maximum Gasteiger partial charge on any atom is 0.170 e. The fourth-order valence-corrected chi connectivity index (χ4v) is 2.79. The molecule has 0 amide bonds. The van der Waals surface area contributed by atoms with Gasteiger partial charge in [-0.15, -0.1) is 0 Å². The van der Waals surface area contributed by atoms with Crippen molar-refractivity contribution in [2.45, 2.75) is 27.2 Å². The molecule has 0 radical (unpaired) electrons. The number of halogens is 2. The molecular formula is C16H14ClFN2O. The summed E-state index contributed by atoms with van der Waals surface area (Å²) in [4.78, 5) is 4.20. The zero-order valence-electron chi connectivity index (χ0n) is 12.0. The normalized spacial score (nSPS) is 11.3. The van der Waals surface area contributed by atoms with Gasteiger partial charge in [-0.2, -0.15) is 0 Å². The van der Waals surface area contributed by atoms with Crippen LogP contribution < -0.4 is 0 Å². The highest BCUT2D eigenvalue weighted by Gasteiger charge is 2.18. The Labute approximate surface area is 126 Å². The van der Waals surface area contributed by atoms with Gasteiger partial charge in [-0.05, 0) is 43.5 Å². The Morgan fingerprint density at radius 2 is 2.00 bits per heavy atom. The Morgan fingerprint density at radius 1 is 1.24 bits per heavy atom. The molecule has 3 rings (SSSR count). The summed E-state index contributed by atoms with van der Waals surface area (Å²) in [7, 11) is 0. The average molecular weight is 305 g/mol. The molecule has 0 unspecified atom stereocenters. The Kier molecular flexibility index (Phi) is 3.41. The predicted octanol–water partition coefficient (Wildman–Crippen LogP) is 4.86. The van der Waals surface area contributed by atoms with Gasteiger partial charge in [0.2, 0.25) is 0 Å². The van der Waals surface area contributed by atoms with Crippen LogP contribution in [-0.4, -0.2) is 10.1 Å². The van der Waals surface area contributed by atoms with Crippen LogP contribution in [0.1, 0.15) is 23.7 Å². The van der Waals surface area contributed by atoms with Gasteiger partial charge in [0.15, 0.2) is 5.76 Å². The standard InChI is InChI=1S/C16H14ClFN2O/c1-4-10-6-11-9(3)14(13-5-8(2)20-21-13)16(17)19-15(11)12(18)7-10/h5-7H,4H2,1-3H3. The van der Waals surface area contributed by atoms with Crippen molar-refractivity contribution in [3.8, 4) is 11.3 Å². The molecule has 108 valence electrons. The molecule has 1 aromatic carbocycles. The van der Waals surface area contributed by atoms with Gasteiger partial charge in [-0.25, -0.2) is 9.37 Å². The summed E-state index contributed by atoms with van der Waals surface area (Å²) >= 11 is 6.23. The molecule has 0 N–H and O–H groups in total. The van der Waals surface area contributed by atoms with E-state index in [2.05, 4.69) is 10.1 Å². The molecule has 0 aliphatic rings. The summed E-state index contributed by atoms with van der Waals surface area (Å²) in [6.45, 7) is 5.71. The molecule has 0 atom stereocenters. The molecule has 3 aromatic rings. The van der Waals surface area contributed by atoms with E-state index in [4.69, 9.17) is 16.1 Å². The smallest absolute Gasteiger partial charge is 0.170 e. The molecule has 0 aliphatic heterocycles. The minimum Gasteiger partial charge on any atom is -0.356 e. The van der Waals surface area contributed by atoms with Crippen LogP contribution in [0.25, 0.3) is 22.2 Å². The second-order valence-corrected chi connectivity index (χ2v) is 5.42. The molecule has 0 spiro atoms. The van der Waals surface area contributed by atoms with Gasteiger partial charge < -0.3 is 4.52 Å². The van der Waals surface area contributed by atoms with E-state index in [0.717, 1.165) is 28.6 Å². The lowest BCUT2D eigenvalue weighted by molar-refractivity contribution is 0.427. The van der Waals surface area contributed by atoms with Gasteiger partial charge in [-0.1, -0.05) is 23.7 Å². The Hall–Kier alpha value is -1.94. The van der Waals surface area contributed by atoms with Crippen molar-refractivity contribution in [1.82, 2.24) is 10.1 Å². The predicted molar refractivity (Wildman–Crippen MR) is 81.1 cm³/mol. The molecule has 5 heteroatoms. The highest BCUT2D eigenvalue weighted by atomic mass is 35.5. The lowest BCUT2D eigenvalue weighted by atomic mass is 10.00. The topological polar surface area (TPSA) is 38.9 Å². The Morgan fingerprint density at radius 3 is 2.62 bits per heavy atom. The van der Waals surface area contributed by atoms with Gasteiger partial charge in [0.25, 0.3) is 0 Å².